The lowest BCUT2D eigenvalue weighted by Crippen LogP contribution is -2.40. The number of fused-ring (bicyclic) bond motifs is 5. The Bertz CT molecular complexity index is 662. The molecule has 0 heterocycles. The third-order valence-corrected chi connectivity index (χ3v) is 7.76. The zero-order chi connectivity index (χ0) is 18.1. The van der Waals surface area contributed by atoms with Crippen LogP contribution in [0.3, 0.4) is 0 Å². The van der Waals surface area contributed by atoms with Gasteiger partial charge in [-0.15, -0.1) is 0 Å². The van der Waals surface area contributed by atoms with Crippen LogP contribution in [0.2, 0.25) is 0 Å². The summed E-state index contributed by atoms with van der Waals surface area (Å²) in [7, 11) is 0. The molecule has 0 aromatic heterocycles. The van der Waals surface area contributed by atoms with E-state index in [0.29, 0.717) is 5.41 Å². The lowest BCUT2D eigenvalue weighted by molar-refractivity contribution is 0.0812. The summed E-state index contributed by atoms with van der Waals surface area (Å²) >= 11 is 0. The van der Waals surface area contributed by atoms with Gasteiger partial charge >= 0.3 is 0 Å². The van der Waals surface area contributed by atoms with Crippen LogP contribution in [0, 0.1) is 24.2 Å². The van der Waals surface area contributed by atoms with Gasteiger partial charge < -0.3 is 0 Å². The minimum atomic E-state index is 0.526. The van der Waals surface area contributed by atoms with Gasteiger partial charge in [0, 0.05) is 0 Å². The fourth-order valence-electron chi connectivity index (χ4n) is 6.21. The topological polar surface area (TPSA) is 0 Å². The quantitative estimate of drug-likeness (QED) is 0.478. The standard InChI is InChI=1S/C23H32.C3H6/c1-4-5-6-18-9-12-22-21-11-8-17-15-16(2)7-10-19(17)20(21)13-14-23(18,22)3;1-2-3-1/h6-7,10,15,20-22H,4-5,8-9,11-14H2,1-3H3;1-3H2/b18-6-;. The van der Waals surface area contributed by atoms with E-state index in [1.54, 1.807) is 11.1 Å². The van der Waals surface area contributed by atoms with Gasteiger partial charge in [-0.3, -0.25) is 0 Å². The summed E-state index contributed by atoms with van der Waals surface area (Å²) in [4.78, 5) is 0. The van der Waals surface area contributed by atoms with Crippen LogP contribution in [-0.4, -0.2) is 0 Å². The molecule has 0 bridgehead atoms. The van der Waals surface area contributed by atoms with Gasteiger partial charge in [0.1, 0.15) is 0 Å². The van der Waals surface area contributed by atoms with E-state index in [-0.39, 0.29) is 0 Å². The third-order valence-electron chi connectivity index (χ3n) is 7.76. The molecule has 3 fully saturated rings. The second kappa shape index (κ2) is 7.53. The Hall–Kier alpha value is -1.04. The van der Waals surface area contributed by atoms with Crippen LogP contribution in [0.5, 0.6) is 0 Å². The summed E-state index contributed by atoms with van der Waals surface area (Å²) in [6.45, 7) is 7.15. The molecule has 3 saturated carbocycles. The Labute approximate surface area is 161 Å². The summed E-state index contributed by atoms with van der Waals surface area (Å²) in [6, 6.07) is 7.27. The second-order valence-corrected chi connectivity index (χ2v) is 9.69. The lowest BCUT2D eigenvalue weighted by Gasteiger charge is -2.49. The Morgan fingerprint density at radius 1 is 1.08 bits per heavy atom. The van der Waals surface area contributed by atoms with E-state index < -0.39 is 0 Å². The highest BCUT2D eigenvalue weighted by atomic mass is 14.6. The van der Waals surface area contributed by atoms with E-state index in [1.807, 2.05) is 5.57 Å². The predicted molar refractivity (Wildman–Crippen MR) is 113 cm³/mol. The highest BCUT2D eigenvalue weighted by Crippen LogP contribution is 2.62. The molecule has 4 aliphatic carbocycles. The van der Waals surface area contributed by atoms with E-state index in [0.717, 1.165) is 17.8 Å². The molecule has 142 valence electrons. The molecule has 4 atom stereocenters. The monoisotopic (exact) mass is 350 g/mol. The van der Waals surface area contributed by atoms with Crippen LogP contribution in [0.25, 0.3) is 0 Å². The van der Waals surface area contributed by atoms with Crippen molar-refractivity contribution in [3.05, 3.63) is 46.5 Å². The predicted octanol–water partition coefficient (Wildman–Crippen LogP) is 7.75. The van der Waals surface area contributed by atoms with Crippen molar-refractivity contribution in [2.24, 2.45) is 17.3 Å². The first-order chi connectivity index (χ1) is 12.6. The molecule has 0 nitrogen and oxygen atoms in total. The Morgan fingerprint density at radius 2 is 1.88 bits per heavy atom. The van der Waals surface area contributed by atoms with Gasteiger partial charge in [0.05, 0.1) is 0 Å². The molecule has 1 aromatic rings. The molecule has 0 amide bonds. The van der Waals surface area contributed by atoms with E-state index in [2.05, 4.69) is 45.0 Å². The Balaban J connectivity index is 0.000000510. The molecule has 0 spiro atoms. The smallest absolute Gasteiger partial charge is 0.00850 e. The van der Waals surface area contributed by atoms with Crippen molar-refractivity contribution in [3.63, 3.8) is 0 Å². The van der Waals surface area contributed by atoms with Crippen LogP contribution >= 0.6 is 0 Å². The van der Waals surface area contributed by atoms with Crippen molar-refractivity contribution in [1.82, 2.24) is 0 Å². The van der Waals surface area contributed by atoms with Gasteiger partial charge in [0.25, 0.3) is 0 Å². The molecule has 0 aliphatic heterocycles. The molecule has 4 unspecified atom stereocenters. The molecule has 26 heavy (non-hydrogen) atoms. The minimum absolute atomic E-state index is 0.526. The first kappa shape index (κ1) is 18.3. The van der Waals surface area contributed by atoms with Gasteiger partial charge in [-0.1, -0.05) is 74.9 Å². The Kier molecular flexibility index (Phi) is 5.31. The number of hydrogen-bond donors (Lipinski definition) is 0. The van der Waals surface area contributed by atoms with Crippen LogP contribution < -0.4 is 0 Å². The van der Waals surface area contributed by atoms with Gasteiger partial charge in [-0.2, -0.15) is 0 Å². The molecule has 5 rings (SSSR count). The average molecular weight is 351 g/mol. The molecule has 0 radical (unpaired) electrons. The van der Waals surface area contributed by atoms with Gasteiger partial charge in [-0.05, 0) is 86.2 Å². The van der Waals surface area contributed by atoms with E-state index in [4.69, 9.17) is 0 Å². The SMILES string of the molecule is C1CC1.CCC/C=C1/CCC2C3CCc4cc(C)ccc4C3CCC12C. The van der Waals surface area contributed by atoms with Crippen molar-refractivity contribution < 1.29 is 0 Å². The summed E-state index contributed by atoms with van der Waals surface area (Å²) in [5.41, 5.74) is 7.15. The summed E-state index contributed by atoms with van der Waals surface area (Å²) < 4.78 is 0. The van der Waals surface area contributed by atoms with Gasteiger partial charge in [-0.25, -0.2) is 0 Å². The number of rotatable bonds is 2. The summed E-state index contributed by atoms with van der Waals surface area (Å²) in [6.07, 6.45) is 18.1. The van der Waals surface area contributed by atoms with E-state index in [9.17, 15) is 0 Å². The lowest BCUT2D eigenvalue weighted by atomic mass is 9.55. The summed E-state index contributed by atoms with van der Waals surface area (Å²) in [5.74, 6) is 2.73. The molecule has 4 aliphatic rings. The number of unbranched alkanes of at least 4 members (excludes halogenated alkanes) is 1. The first-order valence-corrected chi connectivity index (χ1v) is 11.4. The fourth-order valence-corrected chi connectivity index (χ4v) is 6.21. The normalized spacial score (nSPS) is 35.8. The minimum Gasteiger partial charge on any atom is -0.0848 e. The highest BCUT2D eigenvalue weighted by molar-refractivity contribution is 5.38. The maximum atomic E-state index is 2.61. The van der Waals surface area contributed by atoms with E-state index in [1.165, 1.54) is 76.2 Å². The van der Waals surface area contributed by atoms with E-state index >= 15 is 0 Å². The first-order valence-electron chi connectivity index (χ1n) is 11.4. The van der Waals surface area contributed by atoms with Gasteiger partial charge in [0.15, 0.2) is 0 Å². The number of aryl methyl sites for hydroxylation is 2. The van der Waals surface area contributed by atoms with Crippen LogP contribution in [0.1, 0.15) is 101 Å². The van der Waals surface area contributed by atoms with Crippen LogP contribution in [0.4, 0.5) is 0 Å². The van der Waals surface area contributed by atoms with Crippen LogP contribution in [0.15, 0.2) is 29.8 Å². The molecule has 0 heteroatoms. The third kappa shape index (κ3) is 3.41. The fraction of sp³-hybridized carbons (Fsp3) is 0.692. The zero-order valence-corrected chi connectivity index (χ0v) is 17.3. The largest absolute Gasteiger partial charge is 0.0848 e. The van der Waals surface area contributed by atoms with Crippen molar-refractivity contribution in [2.75, 3.05) is 0 Å². The number of hydrogen-bond acceptors (Lipinski definition) is 0. The van der Waals surface area contributed by atoms with Crippen molar-refractivity contribution in [1.29, 1.82) is 0 Å². The van der Waals surface area contributed by atoms with Crippen molar-refractivity contribution in [3.8, 4) is 0 Å². The second-order valence-electron chi connectivity index (χ2n) is 9.69. The van der Waals surface area contributed by atoms with Crippen molar-refractivity contribution >= 4 is 0 Å². The summed E-state index contributed by atoms with van der Waals surface area (Å²) in [5, 5.41) is 0. The average Bonchev–Trinajstić information content (AvgIpc) is 3.48. The maximum Gasteiger partial charge on any atom is -0.00850 e. The molecular formula is C26H38. The van der Waals surface area contributed by atoms with Crippen molar-refractivity contribution in [2.45, 2.75) is 97.3 Å². The highest BCUT2D eigenvalue weighted by Gasteiger charge is 2.52. The number of benzene rings is 1. The molecule has 0 saturated heterocycles. The number of allylic oxidation sites excluding steroid dienone is 2. The molecular weight excluding hydrogens is 312 g/mol. The van der Waals surface area contributed by atoms with Gasteiger partial charge in [0.2, 0.25) is 0 Å². The zero-order valence-electron chi connectivity index (χ0n) is 17.3. The molecule has 1 aromatic carbocycles. The Morgan fingerprint density at radius 3 is 2.62 bits per heavy atom. The molecule has 0 N–H and O–H groups in total. The maximum absolute atomic E-state index is 2.61. The van der Waals surface area contributed by atoms with Crippen LogP contribution in [-0.2, 0) is 6.42 Å².